The predicted molar refractivity (Wildman–Crippen MR) is 84.6 cm³/mol. The maximum atomic E-state index is 12.0. The highest BCUT2D eigenvalue weighted by atomic mass is 35.5. The molecule has 2 aromatic rings. The van der Waals surface area contributed by atoms with E-state index in [4.69, 9.17) is 11.6 Å². The summed E-state index contributed by atoms with van der Waals surface area (Å²) in [6.45, 7) is 2.06. The van der Waals surface area contributed by atoms with Gasteiger partial charge in [0, 0.05) is 17.4 Å². The van der Waals surface area contributed by atoms with Gasteiger partial charge in [-0.1, -0.05) is 37.1 Å². The van der Waals surface area contributed by atoms with Crippen LogP contribution in [-0.4, -0.2) is 16.6 Å². The van der Waals surface area contributed by atoms with Crippen LogP contribution in [0.15, 0.2) is 53.9 Å². The second-order valence-electron chi connectivity index (χ2n) is 4.50. The van der Waals surface area contributed by atoms with E-state index in [2.05, 4.69) is 22.4 Å². The summed E-state index contributed by atoms with van der Waals surface area (Å²) in [5.41, 5.74) is 4.83. The highest BCUT2D eigenvalue weighted by molar-refractivity contribution is 6.30. The van der Waals surface area contributed by atoms with Gasteiger partial charge in [-0.15, -0.1) is 0 Å². The normalized spacial score (nSPS) is 11.2. The van der Waals surface area contributed by atoms with Crippen LogP contribution in [0.5, 0.6) is 0 Å². The smallest absolute Gasteiger partial charge is 0.267 e. The van der Waals surface area contributed by atoms with Gasteiger partial charge in [0.05, 0.1) is 11.3 Å². The quantitative estimate of drug-likeness (QED) is 0.676. The standard InChI is InChI=1S/C16H16ClN3O/c1-2-4-15(12-6-8-14(17)9-7-12)19-20-16(21)13-5-3-10-18-11-13/h3,5-11H,2,4H2,1H3,(H,20,21). The Morgan fingerprint density at radius 3 is 2.62 bits per heavy atom. The third-order valence-corrected chi connectivity index (χ3v) is 3.13. The van der Waals surface area contributed by atoms with Crippen LogP contribution in [-0.2, 0) is 0 Å². The third-order valence-electron chi connectivity index (χ3n) is 2.88. The van der Waals surface area contributed by atoms with E-state index in [1.54, 1.807) is 18.3 Å². The first-order chi connectivity index (χ1) is 10.2. The number of nitrogens with one attached hydrogen (secondary N) is 1. The number of rotatable bonds is 5. The number of hydrogen-bond donors (Lipinski definition) is 1. The number of hydrazone groups is 1. The summed E-state index contributed by atoms with van der Waals surface area (Å²) in [6.07, 6.45) is 4.84. The molecule has 1 aromatic heterocycles. The Morgan fingerprint density at radius 2 is 2.00 bits per heavy atom. The van der Waals surface area contributed by atoms with Gasteiger partial charge in [-0.2, -0.15) is 5.10 Å². The molecule has 0 aliphatic carbocycles. The largest absolute Gasteiger partial charge is 0.272 e. The van der Waals surface area contributed by atoms with Crippen LogP contribution in [0.3, 0.4) is 0 Å². The lowest BCUT2D eigenvalue weighted by atomic mass is 10.1. The van der Waals surface area contributed by atoms with Gasteiger partial charge in [-0.25, -0.2) is 5.43 Å². The number of halogens is 1. The Bertz CT molecular complexity index is 624. The van der Waals surface area contributed by atoms with Crippen molar-refractivity contribution in [3.63, 3.8) is 0 Å². The van der Waals surface area contributed by atoms with E-state index in [9.17, 15) is 4.79 Å². The van der Waals surface area contributed by atoms with Crippen molar-refractivity contribution in [1.82, 2.24) is 10.4 Å². The summed E-state index contributed by atoms with van der Waals surface area (Å²) in [5, 5.41) is 4.91. The Morgan fingerprint density at radius 1 is 1.24 bits per heavy atom. The fourth-order valence-corrected chi connectivity index (χ4v) is 1.95. The fraction of sp³-hybridized carbons (Fsp3) is 0.188. The summed E-state index contributed by atoms with van der Waals surface area (Å²) in [5.74, 6) is -0.273. The van der Waals surface area contributed by atoms with Gasteiger partial charge in [0.2, 0.25) is 0 Å². The molecule has 5 heteroatoms. The van der Waals surface area contributed by atoms with Crippen LogP contribution in [0.2, 0.25) is 5.02 Å². The molecule has 0 unspecified atom stereocenters. The summed E-state index contributed by atoms with van der Waals surface area (Å²) in [4.78, 5) is 15.9. The van der Waals surface area contributed by atoms with Crippen LogP contribution in [0.1, 0.15) is 35.7 Å². The summed E-state index contributed by atoms with van der Waals surface area (Å²) < 4.78 is 0. The molecule has 2 rings (SSSR count). The molecule has 0 fully saturated rings. The monoisotopic (exact) mass is 301 g/mol. The van der Waals surface area contributed by atoms with Crippen LogP contribution in [0, 0.1) is 0 Å². The Hall–Kier alpha value is -2.20. The van der Waals surface area contributed by atoms with Crippen molar-refractivity contribution in [1.29, 1.82) is 0 Å². The Balaban J connectivity index is 2.14. The van der Waals surface area contributed by atoms with Gasteiger partial charge in [0.25, 0.3) is 5.91 Å². The molecule has 108 valence electrons. The van der Waals surface area contributed by atoms with E-state index in [0.717, 1.165) is 24.1 Å². The molecule has 0 saturated carbocycles. The van der Waals surface area contributed by atoms with Crippen molar-refractivity contribution < 1.29 is 4.79 Å². The van der Waals surface area contributed by atoms with Crippen LogP contribution in [0.25, 0.3) is 0 Å². The number of aromatic nitrogens is 1. The van der Waals surface area contributed by atoms with Crippen molar-refractivity contribution in [3.8, 4) is 0 Å². The molecule has 0 aliphatic heterocycles. The Kier molecular flexibility index (Phi) is 5.46. The van der Waals surface area contributed by atoms with Gasteiger partial charge in [0.1, 0.15) is 0 Å². The van der Waals surface area contributed by atoms with Gasteiger partial charge >= 0.3 is 0 Å². The van der Waals surface area contributed by atoms with E-state index in [0.29, 0.717) is 10.6 Å². The SMILES string of the molecule is CCCC(=NNC(=O)c1cccnc1)c1ccc(Cl)cc1. The van der Waals surface area contributed by atoms with Crippen molar-refractivity contribution in [2.75, 3.05) is 0 Å². The summed E-state index contributed by atoms with van der Waals surface area (Å²) in [6, 6.07) is 10.8. The highest BCUT2D eigenvalue weighted by Crippen LogP contribution is 2.12. The molecule has 21 heavy (non-hydrogen) atoms. The molecule has 4 nitrogen and oxygen atoms in total. The zero-order chi connectivity index (χ0) is 15.1. The number of carbonyl (C=O) groups excluding carboxylic acids is 1. The zero-order valence-corrected chi connectivity index (χ0v) is 12.5. The minimum Gasteiger partial charge on any atom is -0.267 e. The average molecular weight is 302 g/mol. The lowest BCUT2D eigenvalue weighted by Gasteiger charge is -2.06. The number of pyridine rings is 1. The van der Waals surface area contributed by atoms with Gasteiger partial charge in [-0.05, 0) is 36.2 Å². The molecule has 0 bridgehead atoms. The number of benzene rings is 1. The first-order valence-electron chi connectivity index (χ1n) is 6.73. The van der Waals surface area contributed by atoms with Gasteiger partial charge in [-0.3, -0.25) is 9.78 Å². The van der Waals surface area contributed by atoms with E-state index in [-0.39, 0.29) is 5.91 Å². The van der Waals surface area contributed by atoms with E-state index < -0.39 is 0 Å². The minimum atomic E-state index is -0.273. The summed E-state index contributed by atoms with van der Waals surface area (Å²) >= 11 is 5.88. The fourth-order valence-electron chi connectivity index (χ4n) is 1.82. The average Bonchev–Trinajstić information content (AvgIpc) is 2.53. The van der Waals surface area contributed by atoms with Crippen molar-refractivity contribution in [2.24, 2.45) is 5.10 Å². The van der Waals surface area contributed by atoms with Gasteiger partial charge < -0.3 is 0 Å². The maximum absolute atomic E-state index is 12.0. The van der Waals surface area contributed by atoms with Gasteiger partial charge in [0.15, 0.2) is 0 Å². The van der Waals surface area contributed by atoms with E-state index in [1.165, 1.54) is 6.20 Å². The summed E-state index contributed by atoms with van der Waals surface area (Å²) in [7, 11) is 0. The second kappa shape index (κ2) is 7.55. The third kappa shape index (κ3) is 4.39. The van der Waals surface area contributed by atoms with Crippen LogP contribution in [0.4, 0.5) is 0 Å². The molecule has 0 spiro atoms. The molecule has 1 heterocycles. The first kappa shape index (κ1) is 15.2. The number of carbonyl (C=O) groups is 1. The van der Waals surface area contributed by atoms with Crippen molar-refractivity contribution in [2.45, 2.75) is 19.8 Å². The predicted octanol–water partition coefficient (Wildman–Crippen LogP) is 3.67. The minimum absolute atomic E-state index is 0.273. The Labute approximate surface area is 128 Å². The molecule has 0 radical (unpaired) electrons. The second-order valence-corrected chi connectivity index (χ2v) is 4.93. The zero-order valence-electron chi connectivity index (χ0n) is 11.7. The number of nitrogens with zero attached hydrogens (tertiary/aromatic N) is 2. The molecule has 0 aliphatic rings. The van der Waals surface area contributed by atoms with Crippen LogP contribution < -0.4 is 5.43 Å². The number of amides is 1. The number of hydrogen-bond acceptors (Lipinski definition) is 3. The lowest BCUT2D eigenvalue weighted by molar-refractivity contribution is 0.0954. The van der Waals surface area contributed by atoms with Crippen molar-refractivity contribution >= 4 is 23.2 Å². The topological polar surface area (TPSA) is 54.4 Å². The molecule has 1 amide bonds. The molecule has 1 aromatic carbocycles. The molecule has 0 atom stereocenters. The van der Waals surface area contributed by atoms with Crippen LogP contribution >= 0.6 is 11.6 Å². The molecular formula is C16H16ClN3O. The van der Waals surface area contributed by atoms with E-state index in [1.807, 2.05) is 24.3 Å². The highest BCUT2D eigenvalue weighted by Gasteiger charge is 2.06. The molecule has 1 N–H and O–H groups in total. The molecule has 0 saturated heterocycles. The first-order valence-corrected chi connectivity index (χ1v) is 7.11. The van der Waals surface area contributed by atoms with Crippen molar-refractivity contribution in [3.05, 3.63) is 64.9 Å². The lowest BCUT2D eigenvalue weighted by Crippen LogP contribution is -2.20. The maximum Gasteiger partial charge on any atom is 0.272 e. The van der Waals surface area contributed by atoms with E-state index >= 15 is 0 Å². The molecular weight excluding hydrogens is 286 g/mol.